The number of benzene rings is 1. The Labute approximate surface area is 87.0 Å². The second-order valence-electron chi connectivity index (χ2n) is 3.68. The molecule has 2 nitrogen and oxygen atoms in total. The molecule has 2 rings (SSSR count). The number of halogens is 1. The van der Waals surface area contributed by atoms with Crippen molar-refractivity contribution in [3.05, 3.63) is 40.7 Å². The van der Waals surface area contributed by atoms with E-state index in [9.17, 15) is 9.18 Å². The summed E-state index contributed by atoms with van der Waals surface area (Å²) in [5, 5.41) is 8.65. The first-order valence-electron chi connectivity index (χ1n) is 4.85. The molecule has 15 heavy (non-hydrogen) atoms. The van der Waals surface area contributed by atoms with Gasteiger partial charge in [-0.15, -0.1) is 0 Å². The van der Waals surface area contributed by atoms with Crippen LogP contribution < -0.4 is 0 Å². The minimum atomic E-state index is -0.832. The van der Waals surface area contributed by atoms with Crippen molar-refractivity contribution in [2.75, 3.05) is 0 Å². The minimum Gasteiger partial charge on any atom is -0.481 e. The van der Waals surface area contributed by atoms with Crippen molar-refractivity contribution in [3.8, 4) is 0 Å². The van der Waals surface area contributed by atoms with Gasteiger partial charge in [0, 0.05) is 0 Å². The number of carboxylic acids is 1. The van der Waals surface area contributed by atoms with E-state index in [0.717, 1.165) is 11.1 Å². The Kier molecular flexibility index (Phi) is 2.54. The molecule has 0 saturated heterocycles. The molecule has 78 valence electrons. The smallest absolute Gasteiger partial charge is 0.307 e. The molecule has 0 atom stereocenters. The van der Waals surface area contributed by atoms with E-state index in [4.69, 9.17) is 5.11 Å². The highest BCUT2D eigenvalue weighted by molar-refractivity contribution is 5.73. The Bertz CT molecular complexity index is 435. The van der Waals surface area contributed by atoms with Gasteiger partial charge in [-0.1, -0.05) is 23.8 Å². The molecule has 0 fully saturated rings. The zero-order chi connectivity index (χ0) is 10.8. The van der Waals surface area contributed by atoms with Crippen molar-refractivity contribution in [3.63, 3.8) is 0 Å². The van der Waals surface area contributed by atoms with Crippen LogP contribution in [0.25, 0.3) is 6.08 Å². The Morgan fingerprint density at radius 3 is 2.93 bits per heavy atom. The highest BCUT2D eigenvalue weighted by Crippen LogP contribution is 2.27. The first kappa shape index (κ1) is 9.90. The summed E-state index contributed by atoms with van der Waals surface area (Å²) in [5.41, 5.74) is 2.38. The van der Waals surface area contributed by atoms with Crippen LogP contribution in [0.4, 0.5) is 4.39 Å². The van der Waals surface area contributed by atoms with Crippen LogP contribution in [0.5, 0.6) is 0 Å². The molecule has 1 aromatic carbocycles. The molecule has 1 aromatic rings. The van der Waals surface area contributed by atoms with Gasteiger partial charge in [-0.05, 0) is 30.0 Å². The van der Waals surface area contributed by atoms with Gasteiger partial charge in [-0.2, -0.15) is 0 Å². The number of aliphatic carboxylic acids is 1. The minimum absolute atomic E-state index is 0.0515. The predicted molar refractivity (Wildman–Crippen MR) is 55.0 cm³/mol. The molecular weight excluding hydrogens is 195 g/mol. The summed E-state index contributed by atoms with van der Waals surface area (Å²) in [5.74, 6) is -1.03. The topological polar surface area (TPSA) is 37.3 Å². The second-order valence-corrected chi connectivity index (χ2v) is 3.68. The van der Waals surface area contributed by atoms with Gasteiger partial charge in [0.25, 0.3) is 0 Å². The molecule has 0 radical (unpaired) electrons. The van der Waals surface area contributed by atoms with Gasteiger partial charge in [0.2, 0.25) is 0 Å². The Morgan fingerprint density at radius 2 is 2.20 bits per heavy atom. The average Bonchev–Trinajstić information content (AvgIpc) is 2.17. The Morgan fingerprint density at radius 1 is 1.40 bits per heavy atom. The summed E-state index contributed by atoms with van der Waals surface area (Å²) >= 11 is 0. The Balaban J connectivity index is 2.33. The highest BCUT2D eigenvalue weighted by atomic mass is 19.1. The predicted octanol–water partition coefficient (Wildman–Crippen LogP) is 2.63. The number of hydrogen-bond acceptors (Lipinski definition) is 1. The van der Waals surface area contributed by atoms with Crippen LogP contribution in [0, 0.1) is 5.82 Å². The zero-order valence-electron chi connectivity index (χ0n) is 8.16. The molecule has 1 aliphatic carbocycles. The van der Waals surface area contributed by atoms with E-state index in [0.29, 0.717) is 18.4 Å². The molecule has 3 heteroatoms. The lowest BCUT2D eigenvalue weighted by molar-refractivity contribution is -0.136. The SMILES string of the molecule is O=C(O)CC1=Cc2cccc(F)c2CC1. The third-order valence-corrected chi connectivity index (χ3v) is 2.59. The summed E-state index contributed by atoms with van der Waals surface area (Å²) in [7, 11) is 0. The maximum Gasteiger partial charge on any atom is 0.307 e. The molecule has 0 unspecified atom stereocenters. The number of rotatable bonds is 2. The van der Waals surface area contributed by atoms with E-state index in [1.54, 1.807) is 12.1 Å². The van der Waals surface area contributed by atoms with Gasteiger partial charge < -0.3 is 5.11 Å². The van der Waals surface area contributed by atoms with Crippen LogP contribution >= 0.6 is 0 Å². The normalized spacial score (nSPS) is 14.3. The van der Waals surface area contributed by atoms with Crippen LogP contribution in [0.15, 0.2) is 23.8 Å². The van der Waals surface area contributed by atoms with Gasteiger partial charge >= 0.3 is 5.97 Å². The van der Waals surface area contributed by atoms with Gasteiger partial charge in [-0.25, -0.2) is 4.39 Å². The average molecular weight is 206 g/mol. The van der Waals surface area contributed by atoms with E-state index >= 15 is 0 Å². The third-order valence-electron chi connectivity index (χ3n) is 2.59. The van der Waals surface area contributed by atoms with E-state index < -0.39 is 5.97 Å². The Hall–Kier alpha value is -1.64. The van der Waals surface area contributed by atoms with Gasteiger partial charge in [0.15, 0.2) is 0 Å². The van der Waals surface area contributed by atoms with Gasteiger partial charge in [0.05, 0.1) is 6.42 Å². The molecule has 0 saturated carbocycles. The molecule has 0 spiro atoms. The molecule has 1 aliphatic rings. The number of carbonyl (C=O) groups is 1. The standard InChI is InChI=1S/C12H11FO2/c13-11-3-1-2-9-6-8(7-12(14)15)4-5-10(9)11/h1-3,6H,4-5,7H2,(H,14,15). The maximum absolute atomic E-state index is 13.3. The molecule has 0 aromatic heterocycles. The largest absolute Gasteiger partial charge is 0.481 e. The van der Waals surface area contributed by atoms with E-state index in [1.165, 1.54) is 6.07 Å². The molecule has 0 amide bonds. The van der Waals surface area contributed by atoms with Crippen molar-refractivity contribution < 1.29 is 14.3 Å². The van der Waals surface area contributed by atoms with Crippen LogP contribution in [0.1, 0.15) is 24.0 Å². The van der Waals surface area contributed by atoms with Crippen LogP contribution in [0.3, 0.4) is 0 Å². The first-order chi connectivity index (χ1) is 7.16. The second kappa shape index (κ2) is 3.85. The van der Waals surface area contributed by atoms with Gasteiger partial charge in [-0.3, -0.25) is 4.79 Å². The highest BCUT2D eigenvalue weighted by Gasteiger charge is 2.15. The lowest BCUT2D eigenvalue weighted by Gasteiger charge is -2.15. The van der Waals surface area contributed by atoms with Gasteiger partial charge in [0.1, 0.15) is 5.82 Å². The zero-order valence-corrected chi connectivity index (χ0v) is 8.16. The third kappa shape index (κ3) is 2.06. The summed E-state index contributed by atoms with van der Waals surface area (Å²) in [4.78, 5) is 10.5. The monoisotopic (exact) mass is 206 g/mol. The van der Waals surface area contributed by atoms with E-state index in [-0.39, 0.29) is 12.2 Å². The number of carboxylic acid groups (broad SMARTS) is 1. The fraction of sp³-hybridized carbons (Fsp3) is 0.250. The number of fused-ring (bicyclic) bond motifs is 1. The molecule has 0 bridgehead atoms. The quantitative estimate of drug-likeness (QED) is 0.807. The maximum atomic E-state index is 13.3. The molecular formula is C12H11FO2. The molecule has 1 N–H and O–H groups in total. The van der Waals surface area contributed by atoms with Crippen molar-refractivity contribution in [1.29, 1.82) is 0 Å². The van der Waals surface area contributed by atoms with Crippen LogP contribution in [-0.4, -0.2) is 11.1 Å². The summed E-state index contributed by atoms with van der Waals surface area (Å²) in [6.07, 6.45) is 3.08. The van der Waals surface area contributed by atoms with Crippen molar-refractivity contribution >= 4 is 12.0 Å². The van der Waals surface area contributed by atoms with Crippen molar-refractivity contribution in [1.82, 2.24) is 0 Å². The summed E-state index contributed by atoms with van der Waals surface area (Å²) in [6.45, 7) is 0. The first-order valence-corrected chi connectivity index (χ1v) is 4.85. The summed E-state index contributed by atoms with van der Waals surface area (Å²) < 4.78 is 13.3. The fourth-order valence-electron chi connectivity index (χ4n) is 1.89. The number of hydrogen-bond donors (Lipinski definition) is 1. The molecule has 0 aliphatic heterocycles. The van der Waals surface area contributed by atoms with Crippen LogP contribution in [0.2, 0.25) is 0 Å². The van der Waals surface area contributed by atoms with Crippen LogP contribution in [-0.2, 0) is 11.2 Å². The van der Waals surface area contributed by atoms with E-state index in [1.807, 2.05) is 6.07 Å². The van der Waals surface area contributed by atoms with E-state index in [2.05, 4.69) is 0 Å². The lowest BCUT2D eigenvalue weighted by atomic mass is 9.90. The van der Waals surface area contributed by atoms with Crippen molar-refractivity contribution in [2.24, 2.45) is 0 Å². The fourth-order valence-corrected chi connectivity index (χ4v) is 1.89. The lowest BCUT2D eigenvalue weighted by Crippen LogP contribution is -2.05. The molecule has 0 heterocycles. The van der Waals surface area contributed by atoms with Crippen molar-refractivity contribution in [2.45, 2.75) is 19.3 Å². The summed E-state index contributed by atoms with van der Waals surface area (Å²) in [6, 6.07) is 4.91.